The Morgan fingerprint density at radius 3 is 2.67 bits per heavy atom. The molecule has 0 unspecified atom stereocenters. The smallest absolute Gasteiger partial charge is 0.263 e. The lowest BCUT2D eigenvalue weighted by molar-refractivity contribution is 0.420. The highest BCUT2D eigenvalue weighted by molar-refractivity contribution is 7.89. The highest BCUT2D eigenvalue weighted by Gasteiger charge is 2.29. The van der Waals surface area contributed by atoms with Gasteiger partial charge in [0.1, 0.15) is 11.0 Å². The molecule has 0 radical (unpaired) electrons. The van der Waals surface area contributed by atoms with Gasteiger partial charge >= 0.3 is 0 Å². The predicted molar refractivity (Wildman–Crippen MR) is 77.9 cm³/mol. The molecule has 1 aromatic carbocycles. The Bertz CT molecular complexity index is 746. The molecule has 2 aromatic rings. The number of benzene rings is 1. The van der Waals surface area contributed by atoms with E-state index < -0.39 is 15.8 Å². The lowest BCUT2D eigenvalue weighted by Gasteiger charge is -2.19. The predicted octanol–water partition coefficient (Wildman–Crippen LogP) is 2.42. The Labute approximate surface area is 128 Å². The molecular weight excluding hydrogens is 317 g/mol. The van der Waals surface area contributed by atoms with Gasteiger partial charge in [-0.1, -0.05) is 30.7 Å². The van der Waals surface area contributed by atoms with Crippen molar-refractivity contribution in [2.24, 2.45) is 7.05 Å². The van der Waals surface area contributed by atoms with E-state index in [1.54, 1.807) is 26.1 Å². The standard InChI is InChI=1S/C13H15ClFN3O2S/c1-3-18(8-10-5-4-6-11(15)7-10)21(19,20)13-12(14)17(2)9-16-13/h4-7,9H,3,8H2,1-2H3. The quantitative estimate of drug-likeness (QED) is 0.845. The van der Waals surface area contributed by atoms with Crippen molar-refractivity contribution in [2.75, 3.05) is 6.54 Å². The Balaban J connectivity index is 2.34. The fourth-order valence-corrected chi connectivity index (χ4v) is 3.72. The van der Waals surface area contributed by atoms with Gasteiger partial charge in [0.2, 0.25) is 5.03 Å². The summed E-state index contributed by atoms with van der Waals surface area (Å²) < 4.78 is 40.9. The van der Waals surface area contributed by atoms with Gasteiger partial charge in [-0.25, -0.2) is 17.8 Å². The summed E-state index contributed by atoms with van der Waals surface area (Å²) in [7, 11) is -2.22. The second kappa shape index (κ2) is 6.13. The maximum absolute atomic E-state index is 13.2. The lowest BCUT2D eigenvalue weighted by Crippen LogP contribution is -2.31. The number of nitrogens with zero attached hydrogens (tertiary/aromatic N) is 3. The summed E-state index contributed by atoms with van der Waals surface area (Å²) in [6.45, 7) is 1.99. The lowest BCUT2D eigenvalue weighted by atomic mass is 10.2. The zero-order valence-electron chi connectivity index (χ0n) is 11.6. The average molecular weight is 332 g/mol. The molecular formula is C13H15ClFN3O2S. The molecule has 0 amide bonds. The first-order valence-corrected chi connectivity index (χ1v) is 8.09. The van der Waals surface area contributed by atoms with E-state index in [4.69, 9.17) is 11.6 Å². The minimum absolute atomic E-state index is 0.0488. The van der Waals surface area contributed by atoms with E-state index in [1.807, 2.05) is 0 Å². The van der Waals surface area contributed by atoms with Crippen LogP contribution in [0.15, 0.2) is 35.6 Å². The maximum atomic E-state index is 13.2. The van der Waals surface area contributed by atoms with Gasteiger partial charge in [0.05, 0.1) is 6.33 Å². The number of halogens is 2. The fraction of sp³-hybridized carbons (Fsp3) is 0.308. The van der Waals surface area contributed by atoms with Crippen LogP contribution in [0.3, 0.4) is 0 Å². The van der Waals surface area contributed by atoms with Gasteiger partial charge in [-0.3, -0.25) is 0 Å². The molecule has 114 valence electrons. The highest BCUT2D eigenvalue weighted by Crippen LogP contribution is 2.23. The third-order valence-corrected chi connectivity index (χ3v) is 5.43. The third-order valence-electron chi connectivity index (χ3n) is 3.02. The number of imidazole rings is 1. The summed E-state index contributed by atoms with van der Waals surface area (Å²) >= 11 is 5.96. The maximum Gasteiger partial charge on any atom is 0.263 e. The van der Waals surface area contributed by atoms with Gasteiger partial charge < -0.3 is 4.57 Å². The van der Waals surface area contributed by atoms with Gasteiger partial charge in [-0.2, -0.15) is 4.31 Å². The number of rotatable bonds is 5. The molecule has 0 saturated carbocycles. The molecule has 0 bridgehead atoms. The minimum atomic E-state index is -3.83. The van der Waals surface area contributed by atoms with Gasteiger partial charge in [0.25, 0.3) is 10.0 Å². The van der Waals surface area contributed by atoms with Crippen LogP contribution >= 0.6 is 11.6 Å². The van der Waals surface area contributed by atoms with Crippen LogP contribution in [0.1, 0.15) is 12.5 Å². The zero-order valence-corrected chi connectivity index (χ0v) is 13.2. The monoisotopic (exact) mass is 331 g/mol. The Morgan fingerprint density at radius 2 is 2.14 bits per heavy atom. The largest absolute Gasteiger partial charge is 0.324 e. The van der Waals surface area contributed by atoms with Gasteiger partial charge in [-0.05, 0) is 17.7 Å². The molecule has 21 heavy (non-hydrogen) atoms. The van der Waals surface area contributed by atoms with Crippen LogP contribution < -0.4 is 0 Å². The molecule has 1 heterocycles. The first-order chi connectivity index (χ1) is 9.86. The molecule has 0 saturated heterocycles. The van der Waals surface area contributed by atoms with Crippen LogP contribution in [0.4, 0.5) is 4.39 Å². The average Bonchev–Trinajstić information content (AvgIpc) is 2.77. The Hall–Kier alpha value is -1.44. The molecule has 0 atom stereocenters. The number of hydrogen-bond donors (Lipinski definition) is 0. The van der Waals surface area contributed by atoms with Crippen LogP contribution in [-0.4, -0.2) is 28.8 Å². The highest BCUT2D eigenvalue weighted by atomic mass is 35.5. The number of hydrogen-bond acceptors (Lipinski definition) is 3. The first-order valence-electron chi connectivity index (χ1n) is 6.27. The van der Waals surface area contributed by atoms with E-state index in [0.717, 1.165) is 0 Å². The van der Waals surface area contributed by atoms with Crippen molar-refractivity contribution in [3.05, 3.63) is 47.1 Å². The minimum Gasteiger partial charge on any atom is -0.324 e. The zero-order chi connectivity index (χ0) is 15.6. The van der Waals surface area contributed by atoms with Gasteiger partial charge in [-0.15, -0.1) is 0 Å². The molecule has 1 aromatic heterocycles. The molecule has 0 spiro atoms. The first kappa shape index (κ1) is 15.9. The topological polar surface area (TPSA) is 55.2 Å². The Kier molecular flexibility index (Phi) is 4.65. The number of aryl methyl sites for hydroxylation is 1. The second-order valence-electron chi connectivity index (χ2n) is 4.51. The summed E-state index contributed by atoms with van der Waals surface area (Å²) in [5.74, 6) is -0.406. The van der Waals surface area contributed by atoms with Crippen molar-refractivity contribution in [1.29, 1.82) is 0 Å². The SMILES string of the molecule is CCN(Cc1cccc(F)c1)S(=O)(=O)c1ncn(C)c1Cl. The number of sulfonamides is 1. The molecule has 0 aliphatic rings. The summed E-state index contributed by atoms with van der Waals surface area (Å²) in [6.07, 6.45) is 1.34. The van der Waals surface area contributed by atoms with E-state index in [0.29, 0.717) is 5.56 Å². The molecule has 8 heteroatoms. The van der Waals surface area contributed by atoms with E-state index in [-0.39, 0.29) is 23.3 Å². The van der Waals surface area contributed by atoms with E-state index in [1.165, 1.54) is 27.3 Å². The van der Waals surface area contributed by atoms with Crippen molar-refractivity contribution >= 4 is 21.6 Å². The van der Waals surface area contributed by atoms with Crippen molar-refractivity contribution in [1.82, 2.24) is 13.9 Å². The van der Waals surface area contributed by atoms with Crippen LogP contribution in [0.25, 0.3) is 0 Å². The second-order valence-corrected chi connectivity index (χ2v) is 6.72. The summed E-state index contributed by atoms with van der Waals surface area (Å²) in [5, 5.41) is -0.141. The molecule has 0 aliphatic heterocycles. The van der Waals surface area contributed by atoms with Crippen LogP contribution in [0, 0.1) is 5.82 Å². The molecule has 0 N–H and O–H groups in total. The van der Waals surface area contributed by atoms with Crippen molar-refractivity contribution in [3.8, 4) is 0 Å². The summed E-state index contributed by atoms with van der Waals surface area (Å²) in [5.41, 5.74) is 0.562. The summed E-state index contributed by atoms with van der Waals surface area (Å²) in [4.78, 5) is 3.84. The molecule has 5 nitrogen and oxygen atoms in total. The van der Waals surface area contributed by atoms with Crippen molar-refractivity contribution < 1.29 is 12.8 Å². The van der Waals surface area contributed by atoms with Crippen LogP contribution in [-0.2, 0) is 23.6 Å². The van der Waals surface area contributed by atoms with Crippen LogP contribution in [0.5, 0.6) is 0 Å². The fourth-order valence-electron chi connectivity index (χ4n) is 1.89. The van der Waals surface area contributed by atoms with Gasteiger partial charge in [0, 0.05) is 20.1 Å². The van der Waals surface area contributed by atoms with E-state index >= 15 is 0 Å². The van der Waals surface area contributed by atoms with E-state index in [9.17, 15) is 12.8 Å². The molecule has 2 rings (SSSR count). The normalized spacial score (nSPS) is 12.0. The molecule has 0 fully saturated rings. The Morgan fingerprint density at radius 1 is 1.43 bits per heavy atom. The summed E-state index contributed by atoms with van der Waals surface area (Å²) in [6, 6.07) is 5.82. The third kappa shape index (κ3) is 3.25. The van der Waals surface area contributed by atoms with Crippen LogP contribution in [0.2, 0.25) is 5.15 Å². The van der Waals surface area contributed by atoms with Crippen molar-refractivity contribution in [2.45, 2.75) is 18.5 Å². The number of aromatic nitrogens is 2. The van der Waals surface area contributed by atoms with Crippen molar-refractivity contribution in [3.63, 3.8) is 0 Å². The van der Waals surface area contributed by atoms with E-state index in [2.05, 4.69) is 4.98 Å². The van der Waals surface area contributed by atoms with Gasteiger partial charge in [0.15, 0.2) is 0 Å². The molecule has 0 aliphatic carbocycles.